The molecule has 180 valence electrons. The molecule has 2 aromatic carbocycles. The molecule has 2 aromatic heterocycles. The molecule has 0 spiro atoms. The third-order valence-corrected chi connectivity index (χ3v) is 6.01. The molecule has 0 aliphatic heterocycles. The van der Waals surface area contributed by atoms with Crippen LogP contribution in [0.3, 0.4) is 0 Å². The third kappa shape index (κ3) is 5.28. The van der Waals surface area contributed by atoms with Crippen molar-refractivity contribution in [2.75, 3.05) is 5.32 Å². The van der Waals surface area contributed by atoms with Gasteiger partial charge in [-0.2, -0.15) is 5.10 Å². The Morgan fingerprint density at radius 1 is 1.14 bits per heavy atom. The number of halogens is 2. The molecule has 0 unspecified atom stereocenters. The minimum Gasteiger partial charge on any atom is -0.457 e. The standard InChI is InChI=1S/C23H19Cl2N5O5/c1-12-21(25)13(2)29(27-12)11-20-14(3)35-28-22(20)23(31)26-16-8-17(30(32)33)10-19(9-16)34-18-6-4-15(24)5-7-18/h4-10H,11H2,1-3H3,(H,26,31). The Labute approximate surface area is 209 Å². The molecule has 10 nitrogen and oxygen atoms in total. The first-order chi connectivity index (χ1) is 16.6. The van der Waals surface area contributed by atoms with E-state index < -0.39 is 10.8 Å². The Kier molecular flexibility index (Phi) is 6.77. The zero-order chi connectivity index (χ0) is 25.3. The zero-order valence-electron chi connectivity index (χ0n) is 18.8. The molecule has 0 aliphatic carbocycles. The summed E-state index contributed by atoms with van der Waals surface area (Å²) in [6.07, 6.45) is 0. The van der Waals surface area contributed by atoms with Gasteiger partial charge in [-0.15, -0.1) is 0 Å². The van der Waals surface area contributed by atoms with Crippen molar-refractivity contribution < 1.29 is 19.0 Å². The van der Waals surface area contributed by atoms with Gasteiger partial charge in [-0.05, 0) is 45.0 Å². The predicted octanol–water partition coefficient (Wildman–Crippen LogP) is 6.10. The highest BCUT2D eigenvalue weighted by atomic mass is 35.5. The summed E-state index contributed by atoms with van der Waals surface area (Å²) in [5, 5.41) is 23.4. The van der Waals surface area contributed by atoms with Gasteiger partial charge in [0.2, 0.25) is 0 Å². The van der Waals surface area contributed by atoms with E-state index in [1.165, 1.54) is 18.2 Å². The molecule has 2 heterocycles. The van der Waals surface area contributed by atoms with Crippen LogP contribution in [0.2, 0.25) is 10.0 Å². The normalized spacial score (nSPS) is 10.9. The second kappa shape index (κ2) is 9.77. The van der Waals surface area contributed by atoms with Crippen molar-refractivity contribution in [2.45, 2.75) is 27.3 Å². The summed E-state index contributed by atoms with van der Waals surface area (Å²) in [4.78, 5) is 23.9. The van der Waals surface area contributed by atoms with Crippen LogP contribution in [0.5, 0.6) is 11.5 Å². The molecule has 0 radical (unpaired) electrons. The van der Waals surface area contributed by atoms with Crippen LogP contribution in [0.4, 0.5) is 11.4 Å². The Morgan fingerprint density at radius 2 is 1.86 bits per heavy atom. The van der Waals surface area contributed by atoms with Crippen LogP contribution in [-0.4, -0.2) is 25.8 Å². The van der Waals surface area contributed by atoms with Crippen molar-refractivity contribution in [2.24, 2.45) is 0 Å². The largest absolute Gasteiger partial charge is 0.457 e. The fourth-order valence-electron chi connectivity index (χ4n) is 3.38. The summed E-state index contributed by atoms with van der Waals surface area (Å²) in [6, 6.07) is 10.4. The van der Waals surface area contributed by atoms with Gasteiger partial charge in [-0.1, -0.05) is 28.4 Å². The maximum Gasteiger partial charge on any atom is 0.278 e. The summed E-state index contributed by atoms with van der Waals surface area (Å²) in [5.74, 6) is 0.405. The molecule has 0 saturated heterocycles. The van der Waals surface area contributed by atoms with Gasteiger partial charge >= 0.3 is 0 Å². The molecule has 12 heteroatoms. The van der Waals surface area contributed by atoms with E-state index in [-0.39, 0.29) is 29.4 Å². The van der Waals surface area contributed by atoms with E-state index in [9.17, 15) is 14.9 Å². The number of nitro benzene ring substituents is 1. The topological polar surface area (TPSA) is 125 Å². The number of rotatable bonds is 7. The fraction of sp³-hybridized carbons (Fsp3) is 0.174. The van der Waals surface area contributed by atoms with Crippen molar-refractivity contribution in [3.8, 4) is 11.5 Å². The van der Waals surface area contributed by atoms with Gasteiger partial charge in [-0.25, -0.2) is 0 Å². The van der Waals surface area contributed by atoms with Crippen LogP contribution in [0.25, 0.3) is 0 Å². The molecule has 0 atom stereocenters. The van der Waals surface area contributed by atoms with E-state index >= 15 is 0 Å². The van der Waals surface area contributed by atoms with E-state index in [0.29, 0.717) is 32.8 Å². The molecule has 1 amide bonds. The molecule has 0 aliphatic rings. The van der Waals surface area contributed by atoms with Gasteiger partial charge in [0.15, 0.2) is 5.69 Å². The number of aryl methyl sites for hydroxylation is 2. The van der Waals surface area contributed by atoms with Crippen molar-refractivity contribution >= 4 is 40.5 Å². The summed E-state index contributed by atoms with van der Waals surface area (Å²) < 4.78 is 12.6. The minimum absolute atomic E-state index is 0.0258. The first-order valence-electron chi connectivity index (χ1n) is 10.3. The molecule has 4 aromatic rings. The summed E-state index contributed by atoms with van der Waals surface area (Å²) in [5.41, 5.74) is 1.81. The zero-order valence-corrected chi connectivity index (χ0v) is 20.3. The van der Waals surface area contributed by atoms with E-state index in [1.807, 2.05) is 6.92 Å². The highest BCUT2D eigenvalue weighted by molar-refractivity contribution is 6.31. The van der Waals surface area contributed by atoms with E-state index in [0.717, 1.165) is 5.69 Å². The van der Waals surface area contributed by atoms with Gasteiger partial charge in [0.25, 0.3) is 11.6 Å². The third-order valence-electron chi connectivity index (χ3n) is 5.21. The molecule has 1 N–H and O–H groups in total. The molecule has 0 bridgehead atoms. The van der Waals surface area contributed by atoms with Gasteiger partial charge in [0.05, 0.1) is 39.6 Å². The van der Waals surface area contributed by atoms with Gasteiger partial charge in [-0.3, -0.25) is 19.6 Å². The van der Waals surface area contributed by atoms with Crippen molar-refractivity contribution in [1.29, 1.82) is 0 Å². The smallest absolute Gasteiger partial charge is 0.278 e. The summed E-state index contributed by atoms with van der Waals surface area (Å²) >= 11 is 12.1. The van der Waals surface area contributed by atoms with Crippen LogP contribution >= 0.6 is 23.2 Å². The number of nitro groups is 1. The van der Waals surface area contributed by atoms with Crippen molar-refractivity contribution in [3.05, 3.63) is 91.0 Å². The Bertz CT molecular complexity index is 1430. The lowest BCUT2D eigenvalue weighted by Crippen LogP contribution is -2.16. The number of hydrogen-bond acceptors (Lipinski definition) is 7. The number of carbonyl (C=O) groups is 1. The summed E-state index contributed by atoms with van der Waals surface area (Å²) in [6.45, 7) is 5.48. The van der Waals surface area contributed by atoms with Gasteiger partial charge < -0.3 is 14.6 Å². The first-order valence-corrected chi connectivity index (χ1v) is 11.1. The van der Waals surface area contributed by atoms with E-state index in [4.69, 9.17) is 32.5 Å². The minimum atomic E-state index is -0.609. The highest BCUT2D eigenvalue weighted by Crippen LogP contribution is 2.31. The second-order valence-corrected chi connectivity index (χ2v) is 8.51. The number of carbonyl (C=O) groups excluding carboxylic acids is 1. The number of anilines is 1. The number of hydrogen-bond donors (Lipinski definition) is 1. The number of non-ortho nitro benzene ring substituents is 1. The van der Waals surface area contributed by atoms with Crippen LogP contribution < -0.4 is 10.1 Å². The van der Waals surface area contributed by atoms with E-state index in [2.05, 4.69) is 15.6 Å². The predicted molar refractivity (Wildman–Crippen MR) is 130 cm³/mol. The maximum atomic E-state index is 13.1. The molecule has 35 heavy (non-hydrogen) atoms. The molecular weight excluding hydrogens is 497 g/mol. The molecular formula is C23H19Cl2N5O5. The maximum absolute atomic E-state index is 13.1. The van der Waals surface area contributed by atoms with Gasteiger partial charge in [0.1, 0.15) is 17.3 Å². The lowest BCUT2D eigenvalue weighted by Gasteiger charge is -2.10. The van der Waals surface area contributed by atoms with Crippen LogP contribution in [-0.2, 0) is 6.54 Å². The average Bonchev–Trinajstić information content (AvgIpc) is 3.29. The summed E-state index contributed by atoms with van der Waals surface area (Å²) in [7, 11) is 0. The molecule has 0 saturated carbocycles. The number of nitrogens with zero attached hydrogens (tertiary/aromatic N) is 4. The number of amides is 1. The van der Waals surface area contributed by atoms with Gasteiger partial charge in [0, 0.05) is 22.7 Å². The fourth-order valence-corrected chi connectivity index (χ4v) is 3.64. The van der Waals surface area contributed by atoms with Crippen LogP contribution in [0.1, 0.15) is 33.2 Å². The first kappa shape index (κ1) is 24.2. The molecule has 0 fully saturated rings. The van der Waals surface area contributed by atoms with Crippen LogP contribution in [0, 0.1) is 30.9 Å². The SMILES string of the molecule is Cc1nn(Cc2c(C(=O)Nc3cc(Oc4ccc(Cl)cc4)cc([N+](=O)[O-])c3)noc2C)c(C)c1Cl. The number of nitrogens with one attached hydrogen (secondary N) is 1. The number of aromatic nitrogens is 3. The highest BCUT2D eigenvalue weighted by Gasteiger charge is 2.23. The quantitative estimate of drug-likeness (QED) is 0.232. The van der Waals surface area contributed by atoms with E-state index in [1.54, 1.807) is 42.8 Å². The van der Waals surface area contributed by atoms with Crippen LogP contribution in [0.15, 0.2) is 47.0 Å². The average molecular weight is 516 g/mol. The van der Waals surface area contributed by atoms with Crippen molar-refractivity contribution in [3.63, 3.8) is 0 Å². The lowest BCUT2D eigenvalue weighted by molar-refractivity contribution is -0.384. The number of benzene rings is 2. The Balaban J connectivity index is 1.61. The lowest BCUT2D eigenvalue weighted by atomic mass is 10.1. The Hall–Kier alpha value is -3.89. The monoisotopic (exact) mass is 515 g/mol. The molecule has 4 rings (SSSR count). The number of ether oxygens (including phenoxy) is 1. The Morgan fingerprint density at radius 3 is 2.49 bits per heavy atom. The second-order valence-electron chi connectivity index (χ2n) is 7.69. The van der Waals surface area contributed by atoms with Crippen molar-refractivity contribution in [1.82, 2.24) is 14.9 Å².